The lowest BCUT2D eigenvalue weighted by Gasteiger charge is -2.08. The maximum absolute atomic E-state index is 13.5. The first kappa shape index (κ1) is 26.1. The Morgan fingerprint density at radius 2 is 1.73 bits per heavy atom. The molecule has 0 aliphatic carbocycles. The summed E-state index contributed by atoms with van der Waals surface area (Å²) in [6, 6.07) is 25.1. The van der Waals surface area contributed by atoms with Gasteiger partial charge in [-0.25, -0.2) is 4.68 Å². The lowest BCUT2D eigenvalue weighted by atomic mass is 10.0. The fourth-order valence-corrected chi connectivity index (χ4v) is 5.44. The van der Waals surface area contributed by atoms with Crippen molar-refractivity contribution >= 4 is 22.4 Å². The van der Waals surface area contributed by atoms with E-state index in [1.54, 1.807) is 16.8 Å². The van der Waals surface area contributed by atoms with Crippen LogP contribution in [0.2, 0.25) is 0 Å². The molecule has 0 spiro atoms. The van der Waals surface area contributed by atoms with E-state index < -0.39 is 5.56 Å². The number of rotatable bonds is 8. The van der Waals surface area contributed by atoms with Crippen molar-refractivity contribution in [3.63, 3.8) is 0 Å². The smallest absolute Gasteiger partial charge is 0.296 e. The minimum absolute atomic E-state index is 0.224. The number of benzene rings is 3. The molecule has 8 nitrogen and oxygen atoms in total. The van der Waals surface area contributed by atoms with E-state index in [9.17, 15) is 9.59 Å². The molecule has 0 aliphatic rings. The highest BCUT2D eigenvalue weighted by molar-refractivity contribution is 7.15. The zero-order chi connectivity index (χ0) is 28.3. The van der Waals surface area contributed by atoms with E-state index in [1.165, 1.54) is 4.52 Å². The van der Waals surface area contributed by atoms with Gasteiger partial charge in [-0.1, -0.05) is 72.5 Å². The fourth-order valence-electron chi connectivity index (χ4n) is 4.54. The molecule has 0 saturated carbocycles. The number of para-hydroxylation sites is 1. The average Bonchev–Trinajstić information content (AvgIpc) is 3.53. The SMILES string of the molecule is C=CCOc1ccc(-c2nn(-c3ccccc3)cc2C=c2sc3nc(=O)c(Cc4ccccc4)nn3c2=O)c(C)c1. The minimum Gasteiger partial charge on any atom is -0.490 e. The molecule has 6 aromatic rings. The van der Waals surface area contributed by atoms with E-state index in [-0.39, 0.29) is 16.2 Å². The third-order valence-corrected chi connectivity index (χ3v) is 7.49. The number of nitrogens with zero attached hydrogens (tertiary/aromatic N) is 5. The molecule has 0 saturated heterocycles. The van der Waals surface area contributed by atoms with E-state index in [0.29, 0.717) is 23.3 Å². The summed E-state index contributed by atoms with van der Waals surface area (Å²) >= 11 is 1.13. The van der Waals surface area contributed by atoms with Gasteiger partial charge in [0.25, 0.3) is 11.1 Å². The van der Waals surface area contributed by atoms with Crippen LogP contribution in [0.15, 0.2) is 107 Å². The van der Waals surface area contributed by atoms with Crippen molar-refractivity contribution in [1.29, 1.82) is 0 Å². The third-order valence-electron chi connectivity index (χ3n) is 6.54. The van der Waals surface area contributed by atoms with Crippen LogP contribution in [-0.4, -0.2) is 31.0 Å². The van der Waals surface area contributed by atoms with E-state index in [0.717, 1.165) is 45.0 Å². The van der Waals surface area contributed by atoms with Crippen LogP contribution in [-0.2, 0) is 6.42 Å². The van der Waals surface area contributed by atoms with Crippen molar-refractivity contribution in [2.24, 2.45) is 0 Å². The molecule has 9 heteroatoms. The average molecular weight is 560 g/mol. The molecule has 3 aromatic carbocycles. The second-order valence-electron chi connectivity index (χ2n) is 9.43. The third kappa shape index (κ3) is 5.35. The second-order valence-corrected chi connectivity index (χ2v) is 10.4. The molecule has 6 rings (SSSR count). The summed E-state index contributed by atoms with van der Waals surface area (Å²) in [5.41, 5.74) is 4.58. The summed E-state index contributed by atoms with van der Waals surface area (Å²) in [4.78, 5) is 30.6. The highest BCUT2D eigenvalue weighted by Crippen LogP contribution is 2.30. The normalized spacial score (nSPS) is 11.7. The van der Waals surface area contributed by atoms with Crippen LogP contribution in [0, 0.1) is 6.92 Å². The van der Waals surface area contributed by atoms with Gasteiger partial charge in [-0.3, -0.25) is 9.59 Å². The zero-order valence-corrected chi connectivity index (χ0v) is 23.0. The molecule has 0 aliphatic heterocycles. The number of fused-ring (bicyclic) bond motifs is 1. The molecule has 3 heterocycles. The first-order valence-electron chi connectivity index (χ1n) is 13.0. The summed E-state index contributed by atoms with van der Waals surface area (Å²) in [7, 11) is 0. The van der Waals surface area contributed by atoms with Gasteiger partial charge in [-0.15, -0.1) is 0 Å². The van der Waals surface area contributed by atoms with Crippen LogP contribution in [0.4, 0.5) is 0 Å². The molecule has 0 atom stereocenters. The number of thiazole rings is 1. The van der Waals surface area contributed by atoms with Crippen LogP contribution in [0.5, 0.6) is 5.75 Å². The lowest BCUT2D eigenvalue weighted by molar-refractivity contribution is 0.363. The largest absolute Gasteiger partial charge is 0.490 e. The summed E-state index contributed by atoms with van der Waals surface area (Å²) in [6.07, 6.45) is 5.67. The van der Waals surface area contributed by atoms with Gasteiger partial charge in [-0.05, 0) is 54.5 Å². The first-order valence-corrected chi connectivity index (χ1v) is 13.8. The van der Waals surface area contributed by atoms with Crippen LogP contribution in [0.3, 0.4) is 0 Å². The summed E-state index contributed by atoms with van der Waals surface area (Å²) < 4.78 is 9.11. The summed E-state index contributed by atoms with van der Waals surface area (Å²) in [6.45, 7) is 6.11. The van der Waals surface area contributed by atoms with Gasteiger partial charge >= 0.3 is 0 Å². The number of hydrogen-bond donors (Lipinski definition) is 0. The number of hydrogen-bond acceptors (Lipinski definition) is 7. The van der Waals surface area contributed by atoms with Gasteiger partial charge in [0.15, 0.2) is 0 Å². The number of ether oxygens (including phenoxy) is 1. The van der Waals surface area contributed by atoms with Crippen molar-refractivity contribution in [3.8, 4) is 22.7 Å². The maximum Gasteiger partial charge on any atom is 0.296 e. The van der Waals surface area contributed by atoms with Crippen LogP contribution < -0.4 is 20.4 Å². The van der Waals surface area contributed by atoms with E-state index in [4.69, 9.17) is 9.84 Å². The summed E-state index contributed by atoms with van der Waals surface area (Å²) in [5.74, 6) is 0.735. The van der Waals surface area contributed by atoms with E-state index in [1.807, 2.05) is 92.0 Å². The molecule has 0 radical (unpaired) electrons. The van der Waals surface area contributed by atoms with Crippen LogP contribution in [0.25, 0.3) is 28.0 Å². The number of aromatic nitrogens is 5. The molecule has 0 unspecified atom stereocenters. The van der Waals surface area contributed by atoms with Crippen molar-refractivity contribution in [2.45, 2.75) is 13.3 Å². The molecule has 0 N–H and O–H groups in total. The van der Waals surface area contributed by atoms with Crippen LogP contribution >= 0.6 is 11.3 Å². The monoisotopic (exact) mass is 559 g/mol. The van der Waals surface area contributed by atoms with Gasteiger partial charge in [0, 0.05) is 23.7 Å². The molecule has 3 aromatic heterocycles. The summed E-state index contributed by atoms with van der Waals surface area (Å²) in [5, 5.41) is 9.29. The van der Waals surface area contributed by atoms with Crippen LogP contribution in [0.1, 0.15) is 22.4 Å². The molecule has 0 bridgehead atoms. The number of aryl methyl sites for hydroxylation is 1. The fraction of sp³-hybridized carbons (Fsp3) is 0.0938. The van der Waals surface area contributed by atoms with E-state index in [2.05, 4.69) is 16.7 Å². The molecule has 0 amide bonds. The molecule has 0 fully saturated rings. The van der Waals surface area contributed by atoms with Crippen molar-refractivity contribution in [3.05, 3.63) is 145 Å². The van der Waals surface area contributed by atoms with Gasteiger partial charge in [0.1, 0.15) is 23.7 Å². The van der Waals surface area contributed by atoms with Gasteiger partial charge in [-0.2, -0.15) is 19.7 Å². The molecular weight excluding hydrogens is 534 g/mol. The highest BCUT2D eigenvalue weighted by Gasteiger charge is 2.16. The Labute approximate surface area is 239 Å². The predicted octanol–water partition coefficient (Wildman–Crippen LogP) is 4.38. The van der Waals surface area contributed by atoms with E-state index >= 15 is 0 Å². The maximum atomic E-state index is 13.5. The molecular formula is C32H25N5O3S. The van der Waals surface area contributed by atoms with Gasteiger partial charge in [0.2, 0.25) is 4.96 Å². The Bertz CT molecular complexity index is 2050. The lowest BCUT2D eigenvalue weighted by Crippen LogP contribution is -2.28. The highest BCUT2D eigenvalue weighted by atomic mass is 32.1. The standard InChI is InChI=1S/C32H25N5O3S/c1-3-16-40-25-14-15-26(21(2)17-25)29-23(20-36(35-29)24-12-8-5-9-13-24)19-28-31(39)37-32(41-28)33-30(38)27(34-37)18-22-10-6-4-7-11-22/h3-15,17,19-20H,1,16,18H2,2H3. The van der Waals surface area contributed by atoms with Crippen molar-refractivity contribution in [1.82, 2.24) is 24.4 Å². The van der Waals surface area contributed by atoms with Crippen molar-refractivity contribution < 1.29 is 4.74 Å². The minimum atomic E-state index is -0.436. The van der Waals surface area contributed by atoms with Gasteiger partial charge < -0.3 is 4.74 Å². The Balaban J connectivity index is 1.48. The molecule has 202 valence electrons. The Morgan fingerprint density at radius 3 is 2.46 bits per heavy atom. The topological polar surface area (TPSA) is 91.4 Å². The predicted molar refractivity (Wildman–Crippen MR) is 161 cm³/mol. The zero-order valence-electron chi connectivity index (χ0n) is 22.2. The Kier molecular flexibility index (Phi) is 7.09. The Morgan fingerprint density at radius 1 is 0.976 bits per heavy atom. The Hall–Kier alpha value is -5.15. The first-order chi connectivity index (χ1) is 20.0. The quantitative estimate of drug-likeness (QED) is 0.257. The second kappa shape index (κ2) is 11.1. The van der Waals surface area contributed by atoms with Gasteiger partial charge in [0.05, 0.1) is 10.2 Å². The van der Waals surface area contributed by atoms with Crippen molar-refractivity contribution in [2.75, 3.05) is 6.61 Å². The molecule has 41 heavy (non-hydrogen) atoms.